The predicted molar refractivity (Wildman–Crippen MR) is 127 cm³/mol. The summed E-state index contributed by atoms with van der Waals surface area (Å²) >= 11 is 7.06. The summed E-state index contributed by atoms with van der Waals surface area (Å²) in [6, 6.07) is 0.0289. The highest BCUT2D eigenvalue weighted by molar-refractivity contribution is 8.56. The molecule has 0 aliphatic carbocycles. The van der Waals surface area contributed by atoms with Crippen LogP contribution in [-0.4, -0.2) is 75.3 Å². The second-order valence-corrected chi connectivity index (χ2v) is 13.2. The summed E-state index contributed by atoms with van der Waals surface area (Å²) in [5.41, 5.74) is -1.43. The van der Waals surface area contributed by atoms with Crippen LogP contribution in [0.4, 0.5) is 0 Å². The standard InChI is InChI=1S/C19H29ClN3O10PS/c1-10(2)32-16(27)11(3)22-34(29,35-9-14(25)30-5)31-8-12-15(26)19(4,20)17(33-12)23-7-6-13(24)21-18(23)28/h6-7,10-12,15,17,26H,8-9H2,1-5H3,(H,22,29)(H,21,24,28)/t11-,12+,15+,17+,19+,34+/m0/s1. The summed E-state index contributed by atoms with van der Waals surface area (Å²) in [6.45, 7) is 1.70. The number of H-pyrrole nitrogens is 1. The first-order valence-corrected chi connectivity index (χ1v) is 14.1. The van der Waals surface area contributed by atoms with Crippen LogP contribution in [0.1, 0.15) is 33.9 Å². The number of esters is 2. The molecule has 3 N–H and O–H groups in total. The number of carbonyl (C=O) groups excluding carboxylic acids is 2. The van der Waals surface area contributed by atoms with Gasteiger partial charge in [-0.2, -0.15) is 0 Å². The number of aromatic nitrogens is 2. The maximum absolute atomic E-state index is 13.5. The Hall–Kier alpha value is -1.67. The van der Waals surface area contributed by atoms with Gasteiger partial charge in [-0.25, -0.2) is 9.88 Å². The molecule has 1 saturated heterocycles. The molecule has 0 aromatic carbocycles. The van der Waals surface area contributed by atoms with E-state index in [9.17, 15) is 28.8 Å². The third kappa shape index (κ3) is 7.66. The van der Waals surface area contributed by atoms with Gasteiger partial charge in [0, 0.05) is 12.3 Å². The topological polar surface area (TPSA) is 175 Å². The Morgan fingerprint density at radius 2 is 2.06 bits per heavy atom. The molecule has 1 aromatic rings. The number of nitrogens with zero attached hydrogens (tertiary/aromatic N) is 1. The van der Waals surface area contributed by atoms with Crippen molar-refractivity contribution >= 4 is 41.6 Å². The molecule has 2 rings (SSSR count). The number of carbonyl (C=O) groups is 2. The van der Waals surface area contributed by atoms with Crippen molar-refractivity contribution in [1.29, 1.82) is 0 Å². The number of nitrogens with one attached hydrogen (secondary N) is 2. The molecule has 35 heavy (non-hydrogen) atoms. The van der Waals surface area contributed by atoms with Crippen molar-refractivity contribution in [3.63, 3.8) is 0 Å². The zero-order valence-electron chi connectivity index (χ0n) is 19.8. The first-order valence-electron chi connectivity index (χ1n) is 10.5. The molecule has 0 spiro atoms. The molecule has 198 valence electrons. The Bertz CT molecular complexity index is 1080. The third-order valence-electron chi connectivity index (χ3n) is 4.87. The van der Waals surface area contributed by atoms with E-state index >= 15 is 0 Å². The van der Waals surface area contributed by atoms with Crippen LogP contribution >= 0.6 is 29.7 Å². The van der Waals surface area contributed by atoms with Gasteiger partial charge in [-0.15, -0.1) is 11.6 Å². The number of aliphatic hydroxyl groups is 1. The minimum Gasteiger partial charge on any atom is -0.468 e. The summed E-state index contributed by atoms with van der Waals surface area (Å²) in [6.07, 6.45) is -2.99. The van der Waals surface area contributed by atoms with E-state index in [4.69, 9.17) is 25.6 Å². The third-order valence-corrected chi connectivity index (χ3v) is 9.21. The molecule has 2 heterocycles. The molecule has 0 amide bonds. The lowest BCUT2D eigenvalue weighted by Gasteiger charge is -2.26. The quantitative estimate of drug-likeness (QED) is 0.198. The van der Waals surface area contributed by atoms with Crippen LogP contribution in [0.25, 0.3) is 0 Å². The lowest BCUT2D eigenvalue weighted by atomic mass is 10.0. The Kier molecular flexibility index (Phi) is 10.2. The molecule has 16 heteroatoms. The van der Waals surface area contributed by atoms with Crippen LogP contribution in [0.5, 0.6) is 0 Å². The van der Waals surface area contributed by atoms with E-state index in [2.05, 4.69) is 14.8 Å². The fourth-order valence-electron chi connectivity index (χ4n) is 3.07. The van der Waals surface area contributed by atoms with Gasteiger partial charge in [0.05, 0.1) is 19.8 Å². The molecular weight excluding hydrogens is 529 g/mol. The van der Waals surface area contributed by atoms with Gasteiger partial charge >= 0.3 is 24.3 Å². The fraction of sp³-hybridized carbons (Fsp3) is 0.684. The zero-order chi connectivity index (χ0) is 26.6. The van der Waals surface area contributed by atoms with Crippen LogP contribution in [0.15, 0.2) is 21.9 Å². The number of hydrogen-bond donors (Lipinski definition) is 3. The molecule has 0 bridgehead atoms. The highest BCUT2D eigenvalue weighted by Crippen LogP contribution is 2.57. The summed E-state index contributed by atoms with van der Waals surface area (Å²) in [5.74, 6) is -1.73. The Morgan fingerprint density at radius 1 is 1.40 bits per heavy atom. The highest BCUT2D eigenvalue weighted by Gasteiger charge is 2.54. The molecule has 0 saturated carbocycles. The van der Waals surface area contributed by atoms with Crippen LogP contribution in [0, 0.1) is 0 Å². The Balaban J connectivity index is 2.19. The first kappa shape index (κ1) is 29.6. The number of aromatic amines is 1. The largest absolute Gasteiger partial charge is 0.468 e. The number of halogens is 1. The normalized spacial score (nSPS) is 26.8. The molecule has 1 aliphatic heterocycles. The molecule has 1 aliphatic rings. The van der Waals surface area contributed by atoms with Gasteiger partial charge in [-0.05, 0) is 39.1 Å². The van der Waals surface area contributed by atoms with E-state index in [1.165, 1.54) is 20.0 Å². The monoisotopic (exact) mass is 557 g/mol. The van der Waals surface area contributed by atoms with E-state index in [1.807, 2.05) is 0 Å². The summed E-state index contributed by atoms with van der Waals surface area (Å²) in [4.78, 5) is 47.9. The molecule has 0 unspecified atom stereocenters. The van der Waals surface area contributed by atoms with Crippen molar-refractivity contribution in [2.75, 3.05) is 19.5 Å². The average Bonchev–Trinajstić information content (AvgIpc) is 2.99. The van der Waals surface area contributed by atoms with Crippen molar-refractivity contribution < 1.29 is 38.0 Å². The number of alkyl halides is 1. The number of ether oxygens (including phenoxy) is 3. The van der Waals surface area contributed by atoms with Crippen LogP contribution in [0.3, 0.4) is 0 Å². The second kappa shape index (κ2) is 12.0. The van der Waals surface area contributed by atoms with Crippen molar-refractivity contribution in [2.24, 2.45) is 0 Å². The molecule has 1 aromatic heterocycles. The lowest BCUT2D eigenvalue weighted by Crippen LogP contribution is -2.43. The van der Waals surface area contributed by atoms with Gasteiger partial charge in [-0.3, -0.25) is 28.5 Å². The molecule has 1 fully saturated rings. The molecule has 0 radical (unpaired) electrons. The number of aliphatic hydroxyl groups excluding tert-OH is 1. The van der Waals surface area contributed by atoms with Gasteiger partial charge in [0.2, 0.25) is 0 Å². The van der Waals surface area contributed by atoms with Crippen LogP contribution in [0.2, 0.25) is 0 Å². The van der Waals surface area contributed by atoms with Gasteiger partial charge < -0.3 is 23.8 Å². The minimum absolute atomic E-state index is 0.358. The van der Waals surface area contributed by atoms with Crippen LogP contribution < -0.4 is 16.3 Å². The maximum Gasteiger partial charge on any atom is 0.330 e. The zero-order valence-corrected chi connectivity index (χ0v) is 22.2. The second-order valence-electron chi connectivity index (χ2n) is 8.12. The van der Waals surface area contributed by atoms with Crippen molar-refractivity contribution in [3.8, 4) is 0 Å². The van der Waals surface area contributed by atoms with Gasteiger partial charge in [0.1, 0.15) is 28.9 Å². The average molecular weight is 558 g/mol. The molecular formula is C19H29ClN3O10PS. The van der Waals surface area contributed by atoms with Crippen molar-refractivity contribution in [1.82, 2.24) is 14.6 Å². The Labute approximate surface area is 210 Å². The van der Waals surface area contributed by atoms with E-state index in [0.717, 1.165) is 17.7 Å². The number of rotatable bonds is 11. The first-order chi connectivity index (χ1) is 16.2. The Morgan fingerprint density at radius 3 is 2.63 bits per heavy atom. The molecule has 13 nitrogen and oxygen atoms in total. The van der Waals surface area contributed by atoms with Gasteiger partial charge in [0.15, 0.2) is 6.23 Å². The van der Waals surface area contributed by atoms with Crippen LogP contribution in [-0.2, 0) is 32.9 Å². The fourth-order valence-corrected chi connectivity index (χ4v) is 6.83. The van der Waals surface area contributed by atoms with E-state index in [1.54, 1.807) is 13.8 Å². The predicted octanol–water partition coefficient (Wildman–Crippen LogP) is 0.753. The SMILES string of the molecule is COC(=O)CS[P@@](=O)(N[C@@H](C)C(=O)OC(C)C)OC[C@H]1O[C@@H](n2ccc(=O)[nH]c2=O)[C@](C)(Cl)[C@@H]1O. The lowest BCUT2D eigenvalue weighted by molar-refractivity contribution is -0.149. The van der Waals surface area contributed by atoms with E-state index in [-0.39, 0.29) is 5.75 Å². The summed E-state index contributed by atoms with van der Waals surface area (Å²) in [5, 5.41) is 13.3. The van der Waals surface area contributed by atoms with Crippen molar-refractivity contribution in [2.45, 2.75) is 63.2 Å². The molecule has 6 atom stereocenters. The number of methoxy groups -OCH3 is 1. The minimum atomic E-state index is -3.95. The number of hydrogen-bond acceptors (Lipinski definition) is 11. The van der Waals surface area contributed by atoms with Gasteiger partial charge in [-0.1, -0.05) is 0 Å². The smallest absolute Gasteiger partial charge is 0.330 e. The highest BCUT2D eigenvalue weighted by atomic mass is 35.5. The van der Waals surface area contributed by atoms with E-state index in [0.29, 0.717) is 11.4 Å². The van der Waals surface area contributed by atoms with Crippen molar-refractivity contribution in [3.05, 3.63) is 33.1 Å². The van der Waals surface area contributed by atoms with Gasteiger partial charge in [0.25, 0.3) is 5.56 Å². The summed E-state index contributed by atoms with van der Waals surface area (Å²) in [7, 11) is 1.16. The van der Waals surface area contributed by atoms with E-state index < -0.39 is 72.0 Å². The summed E-state index contributed by atoms with van der Waals surface area (Å²) < 4.78 is 35.4. The maximum atomic E-state index is 13.5.